The third-order valence-corrected chi connectivity index (χ3v) is 3.74. The van der Waals surface area contributed by atoms with Crippen LogP contribution in [-0.2, 0) is 4.79 Å². The first-order valence-corrected chi connectivity index (χ1v) is 6.99. The van der Waals surface area contributed by atoms with E-state index < -0.39 is 58.3 Å². The second-order valence-corrected chi connectivity index (χ2v) is 5.31. The van der Waals surface area contributed by atoms with Crippen LogP contribution in [0.3, 0.4) is 0 Å². The zero-order chi connectivity index (χ0) is 18.0. The molecule has 2 rings (SSSR count). The Morgan fingerprint density at radius 3 is 2.33 bits per heavy atom. The van der Waals surface area contributed by atoms with Crippen LogP contribution in [0.1, 0.15) is 29.6 Å². The number of rotatable bonds is 5. The first-order chi connectivity index (χ1) is 11.2. The van der Waals surface area contributed by atoms with Crippen molar-refractivity contribution in [1.29, 1.82) is 0 Å². The number of halogens is 4. The van der Waals surface area contributed by atoms with Crippen LogP contribution < -0.4 is 5.32 Å². The maximum absolute atomic E-state index is 13.6. The number of carbonyl (C=O) groups is 2. The predicted octanol–water partition coefficient (Wildman–Crippen LogP) is 1.90. The Kier molecular flexibility index (Phi) is 5.23. The maximum Gasteiger partial charge on any atom is 0.341 e. The number of benzene rings is 1. The van der Waals surface area contributed by atoms with Crippen molar-refractivity contribution >= 4 is 11.8 Å². The fraction of sp³-hybridized carbons (Fsp3) is 0.333. The molecule has 0 radical (unpaired) electrons. The van der Waals surface area contributed by atoms with Gasteiger partial charge in [-0.25, -0.2) is 22.4 Å². The van der Waals surface area contributed by atoms with Gasteiger partial charge in [-0.1, -0.05) is 0 Å². The topological polar surface area (TPSA) is 86.6 Å². The van der Waals surface area contributed by atoms with Gasteiger partial charge < -0.3 is 15.5 Å². The molecule has 1 saturated carbocycles. The standard InChI is InChI=1S/C15H13F4NO4/c16-8-4-6(11(17)13(19)12(8)18)14(22)7(15(23)24)5-20-9-2-1-3-10(9)21/h4-5,9-10,20-21H,1-3H2,(H,23,24)/b7-5-. The van der Waals surface area contributed by atoms with Crippen molar-refractivity contribution in [2.45, 2.75) is 31.4 Å². The Balaban J connectivity index is 2.35. The van der Waals surface area contributed by atoms with E-state index in [9.17, 15) is 32.3 Å². The lowest BCUT2D eigenvalue weighted by Crippen LogP contribution is -2.33. The van der Waals surface area contributed by atoms with Gasteiger partial charge in [0.2, 0.25) is 5.78 Å². The van der Waals surface area contributed by atoms with Gasteiger partial charge in [-0.05, 0) is 25.3 Å². The summed E-state index contributed by atoms with van der Waals surface area (Å²) in [6, 6.07) is -0.407. The molecule has 0 aliphatic heterocycles. The lowest BCUT2D eigenvalue weighted by atomic mass is 10.0. The maximum atomic E-state index is 13.6. The number of Topliss-reactive ketones (excluding diaryl/α,β-unsaturated/α-hetero) is 1. The minimum absolute atomic E-state index is 0.0945. The fourth-order valence-corrected chi connectivity index (χ4v) is 2.43. The summed E-state index contributed by atoms with van der Waals surface area (Å²) in [7, 11) is 0. The third-order valence-electron chi connectivity index (χ3n) is 3.74. The molecule has 0 bridgehead atoms. The van der Waals surface area contributed by atoms with Crippen molar-refractivity contribution in [3.8, 4) is 0 Å². The fourth-order valence-electron chi connectivity index (χ4n) is 2.43. The minimum atomic E-state index is -2.21. The van der Waals surface area contributed by atoms with E-state index in [1.54, 1.807) is 0 Å². The zero-order valence-electron chi connectivity index (χ0n) is 12.2. The highest BCUT2D eigenvalue weighted by atomic mass is 19.2. The quantitative estimate of drug-likeness (QED) is 0.144. The summed E-state index contributed by atoms with van der Waals surface area (Å²) in [5.74, 6) is -11.4. The van der Waals surface area contributed by atoms with Crippen molar-refractivity contribution < 1.29 is 37.4 Å². The molecular formula is C15H13F4NO4. The molecule has 1 aliphatic carbocycles. The van der Waals surface area contributed by atoms with Gasteiger partial charge in [0.1, 0.15) is 5.57 Å². The number of hydrogen-bond donors (Lipinski definition) is 3. The van der Waals surface area contributed by atoms with E-state index in [4.69, 9.17) is 5.11 Å². The van der Waals surface area contributed by atoms with E-state index in [0.717, 1.165) is 6.20 Å². The smallest absolute Gasteiger partial charge is 0.341 e. The summed E-state index contributed by atoms with van der Waals surface area (Å²) < 4.78 is 52.9. The van der Waals surface area contributed by atoms with Crippen molar-refractivity contribution in [2.24, 2.45) is 0 Å². The van der Waals surface area contributed by atoms with Crippen LogP contribution in [0.4, 0.5) is 17.6 Å². The molecular weight excluding hydrogens is 334 g/mol. The zero-order valence-corrected chi connectivity index (χ0v) is 12.2. The van der Waals surface area contributed by atoms with Crippen LogP contribution in [0.2, 0.25) is 0 Å². The molecule has 1 aromatic rings. The molecule has 24 heavy (non-hydrogen) atoms. The first kappa shape index (κ1) is 17.9. The second kappa shape index (κ2) is 7.00. The van der Waals surface area contributed by atoms with Gasteiger partial charge in [-0.15, -0.1) is 0 Å². The lowest BCUT2D eigenvalue weighted by Gasteiger charge is -2.15. The van der Waals surface area contributed by atoms with Gasteiger partial charge in [0.15, 0.2) is 23.3 Å². The van der Waals surface area contributed by atoms with Crippen LogP contribution in [-0.4, -0.2) is 34.1 Å². The summed E-state index contributed by atoms with van der Waals surface area (Å²) in [6.07, 6.45) is 1.69. The van der Waals surface area contributed by atoms with E-state index in [1.807, 2.05) is 0 Å². The molecule has 3 N–H and O–H groups in total. The molecule has 0 aromatic heterocycles. The number of carboxylic acids is 1. The normalized spacial score (nSPS) is 21.0. The van der Waals surface area contributed by atoms with E-state index in [-0.39, 0.29) is 6.07 Å². The Labute approximate surface area is 133 Å². The molecule has 0 saturated heterocycles. The monoisotopic (exact) mass is 347 g/mol. The number of ketones is 1. The summed E-state index contributed by atoms with van der Waals surface area (Å²) >= 11 is 0. The molecule has 1 aromatic carbocycles. The molecule has 0 spiro atoms. The molecule has 2 atom stereocenters. The Morgan fingerprint density at radius 1 is 1.12 bits per heavy atom. The lowest BCUT2D eigenvalue weighted by molar-refractivity contribution is -0.132. The summed E-state index contributed by atoms with van der Waals surface area (Å²) in [5, 5.41) is 21.2. The van der Waals surface area contributed by atoms with Crippen LogP contribution in [0.25, 0.3) is 0 Å². The molecule has 2 unspecified atom stereocenters. The van der Waals surface area contributed by atoms with Gasteiger partial charge in [0, 0.05) is 6.20 Å². The number of carboxylic acid groups (broad SMARTS) is 1. The molecule has 9 heteroatoms. The Bertz CT molecular complexity index is 720. The molecule has 130 valence electrons. The largest absolute Gasteiger partial charge is 0.477 e. The van der Waals surface area contributed by atoms with E-state index in [0.29, 0.717) is 19.3 Å². The van der Waals surface area contributed by atoms with E-state index >= 15 is 0 Å². The number of nitrogens with one attached hydrogen (secondary N) is 1. The number of hydrogen-bond acceptors (Lipinski definition) is 4. The number of carbonyl (C=O) groups excluding carboxylic acids is 1. The van der Waals surface area contributed by atoms with E-state index in [2.05, 4.69) is 5.32 Å². The molecule has 5 nitrogen and oxygen atoms in total. The van der Waals surface area contributed by atoms with Crippen molar-refractivity contribution in [3.63, 3.8) is 0 Å². The van der Waals surface area contributed by atoms with Crippen LogP contribution in [0.15, 0.2) is 17.8 Å². The highest BCUT2D eigenvalue weighted by Gasteiger charge is 2.29. The number of aliphatic hydroxyl groups is 1. The highest BCUT2D eigenvalue weighted by Crippen LogP contribution is 2.22. The second-order valence-electron chi connectivity index (χ2n) is 5.31. The first-order valence-electron chi connectivity index (χ1n) is 6.99. The summed E-state index contributed by atoms with van der Waals surface area (Å²) in [5.41, 5.74) is -2.24. The molecule has 0 heterocycles. The van der Waals surface area contributed by atoms with Gasteiger partial charge in [-0.3, -0.25) is 4.79 Å². The SMILES string of the molecule is O=C(O)/C(=C\NC1CCCC1O)C(=O)c1cc(F)c(F)c(F)c1F. The minimum Gasteiger partial charge on any atom is -0.477 e. The van der Waals surface area contributed by atoms with Crippen molar-refractivity contribution in [2.75, 3.05) is 0 Å². The Hall–Kier alpha value is -2.42. The van der Waals surface area contributed by atoms with Crippen LogP contribution in [0, 0.1) is 23.3 Å². The van der Waals surface area contributed by atoms with Crippen molar-refractivity contribution in [3.05, 3.63) is 46.7 Å². The molecule has 0 amide bonds. The Morgan fingerprint density at radius 2 is 1.79 bits per heavy atom. The number of aliphatic hydroxyl groups excluding tert-OH is 1. The molecule has 1 aliphatic rings. The van der Waals surface area contributed by atoms with Gasteiger partial charge in [0.25, 0.3) is 0 Å². The average molecular weight is 347 g/mol. The summed E-state index contributed by atoms with van der Waals surface area (Å²) in [4.78, 5) is 23.2. The molecule has 1 fully saturated rings. The highest BCUT2D eigenvalue weighted by molar-refractivity contribution is 6.23. The average Bonchev–Trinajstić information content (AvgIpc) is 2.93. The van der Waals surface area contributed by atoms with Crippen molar-refractivity contribution in [1.82, 2.24) is 5.32 Å². The predicted molar refractivity (Wildman–Crippen MR) is 73.1 cm³/mol. The third kappa shape index (κ3) is 3.40. The van der Waals surface area contributed by atoms with E-state index in [1.165, 1.54) is 0 Å². The van der Waals surface area contributed by atoms with Gasteiger partial charge >= 0.3 is 5.97 Å². The van der Waals surface area contributed by atoms with Gasteiger partial charge in [-0.2, -0.15) is 0 Å². The summed E-state index contributed by atoms with van der Waals surface area (Å²) in [6.45, 7) is 0. The van der Waals surface area contributed by atoms with Gasteiger partial charge in [0.05, 0.1) is 17.7 Å². The number of aliphatic carboxylic acids is 1. The van der Waals surface area contributed by atoms with Crippen LogP contribution >= 0.6 is 0 Å². The van der Waals surface area contributed by atoms with Crippen LogP contribution in [0.5, 0.6) is 0 Å².